The first-order chi connectivity index (χ1) is 11.6. The number of benzene rings is 2. The summed E-state index contributed by atoms with van der Waals surface area (Å²) in [6, 6.07) is 16.5. The summed E-state index contributed by atoms with van der Waals surface area (Å²) in [5.41, 5.74) is 2.15. The molecule has 0 atom stereocenters. The van der Waals surface area contributed by atoms with Gasteiger partial charge in [0.1, 0.15) is 6.33 Å². The zero-order chi connectivity index (χ0) is 16.7. The van der Waals surface area contributed by atoms with Crippen LogP contribution in [0.1, 0.15) is 0 Å². The van der Waals surface area contributed by atoms with Crippen LogP contribution in [-0.4, -0.2) is 19.1 Å². The molecule has 0 aliphatic carbocycles. The highest BCUT2D eigenvalue weighted by atomic mass is 35.5. The Morgan fingerprint density at radius 3 is 2.42 bits per heavy atom. The van der Waals surface area contributed by atoms with E-state index in [1.165, 1.54) is 4.57 Å². The summed E-state index contributed by atoms with van der Waals surface area (Å²) in [5.74, 6) is 0. The first-order valence-electron chi connectivity index (χ1n) is 7.19. The topological polar surface area (TPSA) is 55.6 Å². The Labute approximate surface area is 146 Å². The predicted octanol–water partition coefficient (Wildman–Crippen LogP) is 3.89. The zero-order valence-corrected chi connectivity index (χ0v) is 13.9. The van der Waals surface area contributed by atoms with Crippen molar-refractivity contribution < 1.29 is 0 Å². The average Bonchev–Trinajstić information content (AvgIpc) is 3.00. The summed E-state index contributed by atoms with van der Waals surface area (Å²) in [4.78, 5) is 20.3. The number of para-hydroxylation sites is 1. The normalized spacial score (nSPS) is 11.0. The van der Waals surface area contributed by atoms with Crippen LogP contribution >= 0.6 is 23.8 Å². The first-order valence-corrected chi connectivity index (χ1v) is 7.97. The molecule has 1 N–H and O–H groups in total. The molecule has 0 unspecified atom stereocenters. The second kappa shape index (κ2) is 5.74. The Morgan fingerprint density at radius 2 is 1.71 bits per heavy atom. The molecule has 0 spiro atoms. The van der Waals surface area contributed by atoms with Gasteiger partial charge < -0.3 is 4.98 Å². The number of nitrogens with zero attached hydrogens (tertiary/aromatic N) is 3. The monoisotopic (exact) mass is 354 g/mol. The maximum absolute atomic E-state index is 13.1. The number of aromatic amines is 1. The van der Waals surface area contributed by atoms with E-state index >= 15 is 0 Å². The molecule has 118 valence electrons. The van der Waals surface area contributed by atoms with Crippen molar-refractivity contribution in [3.63, 3.8) is 0 Å². The van der Waals surface area contributed by atoms with Crippen LogP contribution in [0, 0.1) is 4.77 Å². The molecule has 0 amide bonds. The summed E-state index contributed by atoms with van der Waals surface area (Å²) in [6.07, 6.45) is 1.59. The molecule has 0 fully saturated rings. The Kier molecular flexibility index (Phi) is 3.55. The molecule has 0 radical (unpaired) electrons. The third-order valence-electron chi connectivity index (χ3n) is 3.72. The number of fused-ring (bicyclic) bond motifs is 1. The van der Waals surface area contributed by atoms with Gasteiger partial charge in [-0.05, 0) is 48.6 Å². The fraction of sp³-hybridized carbons (Fsp3) is 0. The SMILES string of the molecule is O=c1c2c(ncn2-c2ccc(Cl)cc2)[nH]c(=S)n1-c1ccccc1. The smallest absolute Gasteiger partial charge is 0.285 e. The van der Waals surface area contributed by atoms with Crippen molar-refractivity contribution in [2.24, 2.45) is 0 Å². The lowest BCUT2D eigenvalue weighted by Crippen LogP contribution is -2.22. The van der Waals surface area contributed by atoms with Crippen molar-refractivity contribution in [1.29, 1.82) is 0 Å². The largest absolute Gasteiger partial charge is 0.315 e. The van der Waals surface area contributed by atoms with E-state index in [0.717, 1.165) is 5.69 Å². The Balaban J connectivity index is 2.05. The lowest BCUT2D eigenvalue weighted by atomic mass is 10.3. The molecule has 0 bridgehead atoms. The van der Waals surface area contributed by atoms with Crippen LogP contribution in [-0.2, 0) is 0 Å². The third-order valence-corrected chi connectivity index (χ3v) is 4.26. The van der Waals surface area contributed by atoms with Crippen molar-refractivity contribution >= 4 is 35.0 Å². The van der Waals surface area contributed by atoms with E-state index in [9.17, 15) is 4.79 Å². The quantitative estimate of drug-likeness (QED) is 0.556. The van der Waals surface area contributed by atoms with E-state index in [1.807, 2.05) is 42.5 Å². The standard InChI is InChI=1S/C17H11ClN4OS/c18-11-6-8-12(9-7-11)21-10-19-15-14(21)16(23)22(17(24)20-15)13-4-2-1-3-5-13/h1-10H,(H,20,24). The Bertz CT molecular complexity index is 1140. The summed E-state index contributed by atoms with van der Waals surface area (Å²) in [5, 5.41) is 0.629. The fourth-order valence-corrected chi connectivity index (χ4v) is 3.02. The number of hydrogen-bond donors (Lipinski definition) is 1. The van der Waals surface area contributed by atoms with Crippen molar-refractivity contribution in [2.45, 2.75) is 0 Å². The van der Waals surface area contributed by atoms with Crippen LogP contribution in [0.4, 0.5) is 0 Å². The molecule has 4 rings (SSSR count). The summed E-state index contributed by atoms with van der Waals surface area (Å²) < 4.78 is 3.49. The van der Waals surface area contributed by atoms with E-state index in [4.69, 9.17) is 23.8 Å². The molecule has 5 nitrogen and oxygen atoms in total. The number of imidazole rings is 1. The minimum atomic E-state index is -0.229. The lowest BCUT2D eigenvalue weighted by molar-refractivity contribution is 0.926. The van der Waals surface area contributed by atoms with E-state index in [2.05, 4.69) is 9.97 Å². The summed E-state index contributed by atoms with van der Waals surface area (Å²) >= 11 is 11.3. The van der Waals surface area contributed by atoms with Gasteiger partial charge in [-0.15, -0.1) is 0 Å². The predicted molar refractivity (Wildman–Crippen MR) is 96.9 cm³/mol. The molecule has 0 aliphatic rings. The molecule has 0 aliphatic heterocycles. The Morgan fingerprint density at radius 1 is 1.00 bits per heavy atom. The molecule has 2 heterocycles. The molecule has 0 saturated carbocycles. The molecule has 4 aromatic rings. The molecule has 7 heteroatoms. The maximum Gasteiger partial charge on any atom is 0.285 e. The van der Waals surface area contributed by atoms with Crippen molar-refractivity contribution in [2.75, 3.05) is 0 Å². The van der Waals surface area contributed by atoms with Crippen LogP contribution in [0.3, 0.4) is 0 Å². The fourth-order valence-electron chi connectivity index (χ4n) is 2.61. The molecule has 2 aromatic carbocycles. The minimum Gasteiger partial charge on any atom is -0.315 e. The van der Waals surface area contributed by atoms with Crippen molar-refractivity contribution in [3.05, 3.63) is 81.1 Å². The van der Waals surface area contributed by atoms with Crippen LogP contribution in [0.25, 0.3) is 22.5 Å². The van der Waals surface area contributed by atoms with Gasteiger partial charge in [0.15, 0.2) is 15.9 Å². The highest BCUT2D eigenvalue weighted by Gasteiger charge is 2.13. The number of nitrogens with one attached hydrogen (secondary N) is 1. The van der Waals surface area contributed by atoms with E-state index < -0.39 is 0 Å². The van der Waals surface area contributed by atoms with Crippen LogP contribution in [0.5, 0.6) is 0 Å². The van der Waals surface area contributed by atoms with Crippen molar-refractivity contribution in [1.82, 2.24) is 19.1 Å². The van der Waals surface area contributed by atoms with Gasteiger partial charge in [-0.25, -0.2) is 4.98 Å². The molecule has 24 heavy (non-hydrogen) atoms. The molecule has 0 saturated heterocycles. The average molecular weight is 355 g/mol. The van der Waals surface area contributed by atoms with Gasteiger partial charge in [0, 0.05) is 10.7 Å². The number of hydrogen-bond acceptors (Lipinski definition) is 3. The maximum atomic E-state index is 13.1. The number of halogens is 1. The number of H-pyrrole nitrogens is 1. The number of aromatic nitrogens is 4. The van der Waals surface area contributed by atoms with E-state index in [-0.39, 0.29) is 5.56 Å². The third kappa shape index (κ3) is 2.36. The van der Waals surface area contributed by atoms with Gasteiger partial charge >= 0.3 is 0 Å². The van der Waals surface area contributed by atoms with Gasteiger partial charge in [0.05, 0.1) is 5.69 Å². The second-order valence-corrected chi connectivity index (χ2v) is 6.02. The molecular weight excluding hydrogens is 344 g/mol. The van der Waals surface area contributed by atoms with Crippen LogP contribution in [0.15, 0.2) is 65.7 Å². The molecular formula is C17H11ClN4OS. The van der Waals surface area contributed by atoms with Gasteiger partial charge in [-0.3, -0.25) is 13.9 Å². The highest BCUT2D eigenvalue weighted by molar-refractivity contribution is 7.71. The zero-order valence-electron chi connectivity index (χ0n) is 12.3. The number of rotatable bonds is 2. The van der Waals surface area contributed by atoms with Crippen molar-refractivity contribution in [3.8, 4) is 11.4 Å². The van der Waals surface area contributed by atoms with Crippen LogP contribution in [0.2, 0.25) is 5.02 Å². The van der Waals surface area contributed by atoms with E-state index in [1.54, 1.807) is 23.0 Å². The molecule has 2 aromatic heterocycles. The first kappa shape index (κ1) is 14.9. The lowest BCUT2D eigenvalue weighted by Gasteiger charge is -2.08. The highest BCUT2D eigenvalue weighted by Crippen LogP contribution is 2.17. The van der Waals surface area contributed by atoms with Gasteiger partial charge in [0.25, 0.3) is 5.56 Å². The Hall–Kier alpha value is -2.70. The summed E-state index contributed by atoms with van der Waals surface area (Å²) in [7, 11) is 0. The summed E-state index contributed by atoms with van der Waals surface area (Å²) in [6.45, 7) is 0. The van der Waals surface area contributed by atoms with Crippen LogP contribution < -0.4 is 5.56 Å². The minimum absolute atomic E-state index is 0.229. The van der Waals surface area contributed by atoms with Gasteiger partial charge in [-0.1, -0.05) is 29.8 Å². The second-order valence-electron chi connectivity index (χ2n) is 5.19. The van der Waals surface area contributed by atoms with Gasteiger partial charge in [0.2, 0.25) is 0 Å². The van der Waals surface area contributed by atoms with E-state index in [0.29, 0.717) is 26.6 Å². The van der Waals surface area contributed by atoms with Gasteiger partial charge in [-0.2, -0.15) is 0 Å².